The number of amides is 1. The molecule has 0 aromatic carbocycles. The number of esters is 1. The molecule has 0 aromatic rings. The van der Waals surface area contributed by atoms with E-state index in [2.05, 4.69) is 10.6 Å². The van der Waals surface area contributed by atoms with Gasteiger partial charge in [-0.2, -0.15) is 0 Å². The maximum Gasteiger partial charge on any atom is 0.328 e. The van der Waals surface area contributed by atoms with Gasteiger partial charge in [0.1, 0.15) is 6.04 Å². The van der Waals surface area contributed by atoms with Gasteiger partial charge >= 0.3 is 5.97 Å². The lowest BCUT2D eigenvalue weighted by Crippen LogP contribution is -2.48. The van der Waals surface area contributed by atoms with Crippen LogP contribution in [0.1, 0.15) is 20.8 Å². The first-order chi connectivity index (χ1) is 7.97. The van der Waals surface area contributed by atoms with E-state index in [-0.39, 0.29) is 23.7 Å². The van der Waals surface area contributed by atoms with Crippen LogP contribution in [-0.2, 0) is 14.3 Å². The summed E-state index contributed by atoms with van der Waals surface area (Å²) in [5.41, 5.74) is 0. The monoisotopic (exact) mass is 242 g/mol. The molecule has 1 aliphatic heterocycles. The minimum atomic E-state index is -0.555. The average Bonchev–Trinajstić information content (AvgIpc) is 2.70. The predicted octanol–water partition coefficient (Wildman–Crippen LogP) is 0.156. The van der Waals surface area contributed by atoms with Crippen molar-refractivity contribution in [3.8, 4) is 0 Å². The van der Waals surface area contributed by atoms with Crippen LogP contribution in [0.2, 0.25) is 0 Å². The van der Waals surface area contributed by atoms with Gasteiger partial charge in [0.05, 0.1) is 13.0 Å². The Balaban J connectivity index is 2.61. The van der Waals surface area contributed by atoms with Gasteiger partial charge < -0.3 is 15.4 Å². The van der Waals surface area contributed by atoms with Crippen molar-refractivity contribution < 1.29 is 14.3 Å². The molecule has 1 aliphatic rings. The second-order valence-corrected chi connectivity index (χ2v) is 5.00. The highest BCUT2D eigenvalue weighted by atomic mass is 16.5. The molecule has 1 heterocycles. The summed E-state index contributed by atoms with van der Waals surface area (Å²) in [6.07, 6.45) is 0. The predicted molar refractivity (Wildman–Crippen MR) is 64.3 cm³/mol. The third-order valence-corrected chi connectivity index (χ3v) is 3.27. The molecule has 98 valence electrons. The Hall–Kier alpha value is -1.10. The van der Waals surface area contributed by atoms with Gasteiger partial charge in [0, 0.05) is 6.54 Å². The summed E-state index contributed by atoms with van der Waals surface area (Å²) in [4.78, 5) is 23.6. The minimum absolute atomic E-state index is 0.0241. The fraction of sp³-hybridized carbons (Fsp3) is 0.833. The normalized spacial score (nSPS) is 25.7. The maximum absolute atomic E-state index is 12.0. The Kier molecular flexibility index (Phi) is 4.93. The van der Waals surface area contributed by atoms with E-state index in [0.29, 0.717) is 12.5 Å². The fourth-order valence-electron chi connectivity index (χ4n) is 2.05. The van der Waals surface area contributed by atoms with Crippen molar-refractivity contribution in [1.29, 1.82) is 0 Å². The van der Waals surface area contributed by atoms with Crippen molar-refractivity contribution in [2.75, 3.05) is 20.2 Å². The van der Waals surface area contributed by atoms with Crippen molar-refractivity contribution in [3.63, 3.8) is 0 Å². The van der Waals surface area contributed by atoms with E-state index < -0.39 is 6.04 Å². The highest BCUT2D eigenvalue weighted by molar-refractivity contribution is 5.86. The van der Waals surface area contributed by atoms with Gasteiger partial charge in [-0.3, -0.25) is 4.79 Å². The molecule has 0 radical (unpaired) electrons. The van der Waals surface area contributed by atoms with Gasteiger partial charge in [-0.05, 0) is 18.4 Å². The third-order valence-electron chi connectivity index (χ3n) is 3.27. The van der Waals surface area contributed by atoms with Gasteiger partial charge in [0.25, 0.3) is 0 Å². The van der Waals surface area contributed by atoms with Gasteiger partial charge in [-0.1, -0.05) is 20.8 Å². The molecule has 0 aliphatic carbocycles. The first kappa shape index (κ1) is 14.0. The minimum Gasteiger partial charge on any atom is -0.467 e. The van der Waals surface area contributed by atoms with Gasteiger partial charge in [0.15, 0.2) is 0 Å². The van der Waals surface area contributed by atoms with E-state index in [1.807, 2.05) is 20.8 Å². The summed E-state index contributed by atoms with van der Waals surface area (Å²) in [5, 5.41) is 5.96. The zero-order chi connectivity index (χ0) is 13.0. The van der Waals surface area contributed by atoms with Crippen molar-refractivity contribution in [1.82, 2.24) is 10.6 Å². The van der Waals surface area contributed by atoms with Gasteiger partial charge in [0.2, 0.25) is 5.91 Å². The molecular formula is C12H22N2O3. The zero-order valence-corrected chi connectivity index (χ0v) is 10.9. The summed E-state index contributed by atoms with van der Waals surface area (Å²) in [6, 6.07) is -0.555. The molecule has 17 heavy (non-hydrogen) atoms. The maximum atomic E-state index is 12.0. The SMILES string of the molecule is COC(=O)C(NC(=O)C1CNCC1C)C(C)C. The molecule has 1 amide bonds. The Labute approximate surface area is 102 Å². The largest absolute Gasteiger partial charge is 0.467 e. The van der Waals surface area contributed by atoms with Crippen molar-refractivity contribution in [2.45, 2.75) is 26.8 Å². The van der Waals surface area contributed by atoms with Gasteiger partial charge in [-0.15, -0.1) is 0 Å². The van der Waals surface area contributed by atoms with E-state index in [1.165, 1.54) is 7.11 Å². The smallest absolute Gasteiger partial charge is 0.328 e. The molecule has 3 unspecified atom stereocenters. The number of carbonyl (C=O) groups is 2. The first-order valence-electron chi connectivity index (χ1n) is 6.06. The van der Waals surface area contributed by atoms with Crippen LogP contribution in [0.5, 0.6) is 0 Å². The van der Waals surface area contributed by atoms with E-state index in [9.17, 15) is 9.59 Å². The molecule has 1 saturated heterocycles. The van der Waals surface area contributed by atoms with E-state index in [0.717, 1.165) is 6.54 Å². The third kappa shape index (κ3) is 3.43. The molecule has 3 atom stereocenters. The quantitative estimate of drug-likeness (QED) is 0.689. The van der Waals surface area contributed by atoms with Crippen LogP contribution in [0.25, 0.3) is 0 Å². The molecule has 2 N–H and O–H groups in total. The number of ether oxygens (including phenoxy) is 1. The van der Waals surface area contributed by atoms with Crippen molar-refractivity contribution in [3.05, 3.63) is 0 Å². The molecule has 1 rings (SSSR count). The standard InChI is InChI=1S/C12H22N2O3/c1-7(2)10(12(16)17-4)14-11(15)9-6-13-5-8(9)3/h7-10,13H,5-6H2,1-4H3,(H,14,15). The van der Waals surface area contributed by atoms with E-state index in [4.69, 9.17) is 4.74 Å². The number of methoxy groups -OCH3 is 1. The summed E-state index contributed by atoms with van der Waals surface area (Å²) < 4.78 is 4.69. The van der Waals surface area contributed by atoms with Gasteiger partial charge in [-0.25, -0.2) is 4.79 Å². The Morgan fingerprint density at radius 1 is 1.35 bits per heavy atom. The highest BCUT2D eigenvalue weighted by Gasteiger charge is 2.33. The lowest BCUT2D eigenvalue weighted by Gasteiger charge is -2.22. The number of carbonyl (C=O) groups excluding carboxylic acids is 2. The Morgan fingerprint density at radius 2 is 2.00 bits per heavy atom. The molecule has 0 saturated carbocycles. The van der Waals surface area contributed by atoms with E-state index in [1.54, 1.807) is 0 Å². The summed E-state index contributed by atoms with van der Waals surface area (Å²) in [5.74, 6) is -0.170. The van der Waals surface area contributed by atoms with Crippen LogP contribution in [-0.4, -0.2) is 38.1 Å². The average molecular weight is 242 g/mol. The first-order valence-corrected chi connectivity index (χ1v) is 6.06. The Bertz CT molecular complexity index is 291. The second-order valence-electron chi connectivity index (χ2n) is 5.00. The van der Waals surface area contributed by atoms with Crippen LogP contribution in [0, 0.1) is 17.8 Å². The van der Waals surface area contributed by atoms with Crippen LogP contribution in [0.15, 0.2) is 0 Å². The molecule has 0 aromatic heterocycles. The zero-order valence-electron chi connectivity index (χ0n) is 10.9. The second kappa shape index (κ2) is 6.00. The molecule has 0 spiro atoms. The molecule has 5 nitrogen and oxygen atoms in total. The summed E-state index contributed by atoms with van der Waals surface area (Å²) in [7, 11) is 1.34. The summed E-state index contributed by atoms with van der Waals surface area (Å²) in [6.45, 7) is 7.34. The highest BCUT2D eigenvalue weighted by Crippen LogP contribution is 2.16. The topological polar surface area (TPSA) is 67.4 Å². The van der Waals surface area contributed by atoms with Crippen LogP contribution < -0.4 is 10.6 Å². The number of rotatable bonds is 4. The number of nitrogens with one attached hydrogen (secondary N) is 2. The molecule has 1 fully saturated rings. The van der Waals surface area contributed by atoms with E-state index >= 15 is 0 Å². The van der Waals surface area contributed by atoms with Crippen LogP contribution >= 0.6 is 0 Å². The molecule has 5 heteroatoms. The fourth-order valence-corrected chi connectivity index (χ4v) is 2.05. The summed E-state index contributed by atoms with van der Waals surface area (Å²) >= 11 is 0. The lowest BCUT2D eigenvalue weighted by molar-refractivity contribution is -0.147. The van der Waals surface area contributed by atoms with Crippen molar-refractivity contribution in [2.24, 2.45) is 17.8 Å². The number of hydrogen-bond donors (Lipinski definition) is 2. The van der Waals surface area contributed by atoms with Crippen LogP contribution in [0.4, 0.5) is 0 Å². The molecule has 0 bridgehead atoms. The molecular weight excluding hydrogens is 220 g/mol. The van der Waals surface area contributed by atoms with Crippen LogP contribution in [0.3, 0.4) is 0 Å². The number of hydrogen-bond acceptors (Lipinski definition) is 4. The Morgan fingerprint density at radius 3 is 2.41 bits per heavy atom. The van der Waals surface area contributed by atoms with Crippen molar-refractivity contribution >= 4 is 11.9 Å². The lowest BCUT2D eigenvalue weighted by atomic mass is 9.96.